The van der Waals surface area contributed by atoms with Crippen molar-refractivity contribution in [3.8, 4) is 11.8 Å². The molecule has 0 atom stereocenters. The van der Waals surface area contributed by atoms with E-state index in [1.807, 2.05) is 0 Å². The fourth-order valence-electron chi connectivity index (χ4n) is 1.50. The Morgan fingerprint density at radius 1 is 1.45 bits per heavy atom. The Morgan fingerprint density at radius 2 is 2.10 bits per heavy atom. The third-order valence-corrected chi connectivity index (χ3v) is 2.51. The second kappa shape index (κ2) is 6.48. The number of ether oxygens (including phenoxy) is 2. The van der Waals surface area contributed by atoms with E-state index < -0.39 is 23.6 Å². The lowest BCUT2D eigenvalue weighted by Crippen LogP contribution is -2.19. The first kappa shape index (κ1) is 16.1. The molecule has 1 aromatic rings. The summed E-state index contributed by atoms with van der Waals surface area (Å²) in [5.74, 6) is -1.80. The zero-order valence-corrected chi connectivity index (χ0v) is 11.0. The van der Waals surface area contributed by atoms with Gasteiger partial charge in [-0.05, 0) is 19.1 Å². The number of halogens is 4. The number of rotatable bonds is 4. The Bertz CT molecular complexity index is 552. The molecular formula is C12H9ClF3NO3. The van der Waals surface area contributed by atoms with Gasteiger partial charge in [0.2, 0.25) is 0 Å². The molecule has 1 aromatic carbocycles. The zero-order chi connectivity index (χ0) is 15.3. The highest BCUT2D eigenvalue weighted by Gasteiger charge is 2.33. The molecule has 0 aliphatic rings. The Hall–Kier alpha value is -1.94. The maximum absolute atomic E-state index is 12.2. The van der Waals surface area contributed by atoms with Crippen molar-refractivity contribution in [1.29, 1.82) is 5.26 Å². The minimum atomic E-state index is -4.94. The Balaban J connectivity index is 3.34. The number of esters is 1. The van der Waals surface area contributed by atoms with Crippen molar-refractivity contribution < 1.29 is 27.4 Å². The van der Waals surface area contributed by atoms with Gasteiger partial charge in [-0.2, -0.15) is 5.26 Å². The van der Waals surface area contributed by atoms with Crippen molar-refractivity contribution in [3.05, 3.63) is 28.8 Å². The minimum absolute atomic E-state index is 0.0608. The van der Waals surface area contributed by atoms with Gasteiger partial charge in [-0.1, -0.05) is 0 Å². The third-order valence-electron chi connectivity index (χ3n) is 2.24. The topological polar surface area (TPSA) is 59.3 Å². The van der Waals surface area contributed by atoms with E-state index in [4.69, 9.17) is 21.6 Å². The molecule has 0 fully saturated rings. The van der Waals surface area contributed by atoms with Crippen LogP contribution in [0.5, 0.6) is 5.75 Å². The number of alkyl halides is 4. The van der Waals surface area contributed by atoms with Crippen LogP contribution in [0.1, 0.15) is 28.4 Å². The number of nitrogens with zero attached hydrogens (tertiary/aromatic N) is 1. The van der Waals surface area contributed by atoms with E-state index in [0.29, 0.717) is 0 Å². The second-order valence-corrected chi connectivity index (χ2v) is 3.75. The van der Waals surface area contributed by atoms with Gasteiger partial charge in [-0.3, -0.25) is 0 Å². The molecule has 0 aromatic heterocycles. The first-order valence-electron chi connectivity index (χ1n) is 5.38. The average molecular weight is 308 g/mol. The molecule has 0 unspecified atom stereocenters. The first-order valence-corrected chi connectivity index (χ1v) is 5.92. The van der Waals surface area contributed by atoms with Crippen molar-refractivity contribution in [2.45, 2.75) is 19.2 Å². The van der Waals surface area contributed by atoms with Gasteiger partial charge in [0.25, 0.3) is 0 Å². The molecule has 0 N–H and O–H groups in total. The Kier molecular flexibility index (Phi) is 5.22. The molecule has 108 valence electrons. The van der Waals surface area contributed by atoms with Crippen LogP contribution in [0.3, 0.4) is 0 Å². The van der Waals surface area contributed by atoms with Crippen LogP contribution >= 0.6 is 11.6 Å². The number of benzene rings is 1. The molecule has 0 saturated carbocycles. The number of carbonyl (C=O) groups is 1. The smallest absolute Gasteiger partial charge is 0.462 e. The summed E-state index contributed by atoms with van der Waals surface area (Å²) in [7, 11) is 0. The highest BCUT2D eigenvalue weighted by Crippen LogP contribution is 2.31. The maximum atomic E-state index is 12.2. The molecule has 0 aliphatic carbocycles. The molecule has 0 bridgehead atoms. The van der Waals surface area contributed by atoms with Gasteiger partial charge in [0.1, 0.15) is 11.8 Å². The zero-order valence-electron chi connectivity index (χ0n) is 10.3. The summed E-state index contributed by atoms with van der Waals surface area (Å²) in [6.07, 6.45) is -4.94. The van der Waals surface area contributed by atoms with Crippen LogP contribution < -0.4 is 4.74 Å². The molecular weight excluding hydrogens is 299 g/mol. The molecule has 0 radical (unpaired) electrons. The molecule has 0 saturated heterocycles. The lowest BCUT2D eigenvalue weighted by molar-refractivity contribution is -0.274. The van der Waals surface area contributed by atoms with Crippen molar-refractivity contribution in [2.75, 3.05) is 6.61 Å². The number of hydrogen-bond acceptors (Lipinski definition) is 4. The molecule has 20 heavy (non-hydrogen) atoms. The van der Waals surface area contributed by atoms with Gasteiger partial charge in [-0.25, -0.2) is 4.79 Å². The maximum Gasteiger partial charge on any atom is 0.573 e. The molecule has 0 aliphatic heterocycles. The van der Waals surface area contributed by atoms with Gasteiger partial charge in [0.15, 0.2) is 0 Å². The van der Waals surface area contributed by atoms with Gasteiger partial charge in [0, 0.05) is 11.4 Å². The van der Waals surface area contributed by atoms with Gasteiger partial charge >= 0.3 is 12.3 Å². The van der Waals surface area contributed by atoms with E-state index in [-0.39, 0.29) is 23.6 Å². The molecule has 0 amide bonds. The van der Waals surface area contributed by atoms with Crippen LogP contribution in [0.2, 0.25) is 0 Å². The van der Waals surface area contributed by atoms with E-state index in [1.165, 1.54) is 0 Å². The van der Waals surface area contributed by atoms with Crippen LogP contribution in [0.25, 0.3) is 0 Å². The van der Waals surface area contributed by atoms with Crippen molar-refractivity contribution in [3.63, 3.8) is 0 Å². The summed E-state index contributed by atoms with van der Waals surface area (Å²) in [4.78, 5) is 11.6. The largest absolute Gasteiger partial charge is 0.573 e. The van der Waals surface area contributed by atoms with E-state index in [2.05, 4.69) is 4.74 Å². The average Bonchev–Trinajstić information content (AvgIpc) is 2.36. The summed E-state index contributed by atoms with van der Waals surface area (Å²) in [5, 5.41) is 8.96. The van der Waals surface area contributed by atoms with Crippen LogP contribution in [0.4, 0.5) is 13.2 Å². The van der Waals surface area contributed by atoms with Gasteiger partial charge in [-0.15, -0.1) is 24.8 Å². The normalized spacial score (nSPS) is 10.8. The van der Waals surface area contributed by atoms with E-state index in [9.17, 15) is 18.0 Å². The molecule has 4 nitrogen and oxygen atoms in total. The van der Waals surface area contributed by atoms with Crippen LogP contribution in [-0.4, -0.2) is 18.9 Å². The summed E-state index contributed by atoms with van der Waals surface area (Å²) in [6.45, 7) is 1.66. The SMILES string of the molecule is CCOC(=O)c1ccc(OC(F)(F)F)c(C#N)c1CCl. The van der Waals surface area contributed by atoms with Gasteiger partial charge in [0.05, 0.1) is 17.7 Å². The standard InChI is InChI=1S/C12H9ClF3NO3/c1-2-19-11(18)7-3-4-10(20-12(14,15)16)9(6-17)8(7)5-13/h3-4H,2,5H2,1H3. The summed E-state index contributed by atoms with van der Waals surface area (Å²) < 4.78 is 45.1. The fourth-order valence-corrected chi connectivity index (χ4v) is 1.78. The first-order chi connectivity index (χ1) is 9.34. The predicted octanol–water partition coefficient (Wildman–Crippen LogP) is 3.37. The van der Waals surface area contributed by atoms with Crippen LogP contribution in [0, 0.1) is 11.3 Å². The number of nitriles is 1. The predicted molar refractivity (Wildman–Crippen MR) is 63.4 cm³/mol. The lowest BCUT2D eigenvalue weighted by atomic mass is 10.0. The minimum Gasteiger partial charge on any atom is -0.462 e. The van der Waals surface area contributed by atoms with Crippen molar-refractivity contribution in [2.24, 2.45) is 0 Å². The van der Waals surface area contributed by atoms with Gasteiger partial charge < -0.3 is 9.47 Å². The highest BCUT2D eigenvalue weighted by atomic mass is 35.5. The van der Waals surface area contributed by atoms with Crippen molar-refractivity contribution in [1.82, 2.24) is 0 Å². The lowest BCUT2D eigenvalue weighted by Gasteiger charge is -2.14. The highest BCUT2D eigenvalue weighted by molar-refractivity contribution is 6.18. The summed E-state index contributed by atoms with van der Waals surface area (Å²) >= 11 is 5.61. The summed E-state index contributed by atoms with van der Waals surface area (Å²) in [5.41, 5.74) is -0.565. The Morgan fingerprint density at radius 3 is 2.55 bits per heavy atom. The van der Waals surface area contributed by atoms with Crippen LogP contribution in [-0.2, 0) is 10.6 Å². The number of hydrogen-bond donors (Lipinski definition) is 0. The monoisotopic (exact) mass is 307 g/mol. The van der Waals surface area contributed by atoms with E-state index in [0.717, 1.165) is 12.1 Å². The quantitative estimate of drug-likeness (QED) is 0.632. The molecule has 0 spiro atoms. The number of carbonyl (C=O) groups excluding carboxylic acids is 1. The third kappa shape index (κ3) is 3.78. The van der Waals surface area contributed by atoms with E-state index >= 15 is 0 Å². The van der Waals surface area contributed by atoms with Crippen LogP contribution in [0.15, 0.2) is 12.1 Å². The summed E-state index contributed by atoms with van der Waals surface area (Å²) in [6, 6.07) is 3.52. The Labute approximate surface area is 117 Å². The molecule has 1 rings (SSSR count). The van der Waals surface area contributed by atoms with E-state index in [1.54, 1.807) is 13.0 Å². The second-order valence-electron chi connectivity index (χ2n) is 3.48. The molecule has 8 heteroatoms. The fraction of sp³-hybridized carbons (Fsp3) is 0.333. The van der Waals surface area contributed by atoms with Crippen molar-refractivity contribution >= 4 is 17.6 Å². The molecule has 0 heterocycles.